The zero-order valence-electron chi connectivity index (χ0n) is 13.7. The molecule has 1 aliphatic heterocycles. The summed E-state index contributed by atoms with van der Waals surface area (Å²) in [5.41, 5.74) is 0.951. The van der Waals surface area contributed by atoms with Gasteiger partial charge in [0.2, 0.25) is 5.88 Å². The average molecular weight is 379 g/mol. The Hall–Kier alpha value is -2.09. The highest BCUT2D eigenvalue weighted by Gasteiger charge is 2.23. The van der Waals surface area contributed by atoms with Gasteiger partial charge in [-0.3, -0.25) is 4.79 Å². The molecule has 4 rings (SSSR count). The number of rotatable bonds is 4. The lowest BCUT2D eigenvalue weighted by Gasteiger charge is -2.09. The normalized spacial score (nSPS) is 16.6. The first-order valence-corrected chi connectivity index (χ1v) is 8.75. The number of halogens is 1. The smallest absolute Gasteiger partial charge is 0.261 e. The molecule has 0 radical (unpaired) electrons. The molecule has 3 aromatic rings. The van der Waals surface area contributed by atoms with E-state index >= 15 is 0 Å². The summed E-state index contributed by atoms with van der Waals surface area (Å²) >= 11 is 1.42. The van der Waals surface area contributed by atoms with Crippen LogP contribution in [0.15, 0.2) is 36.4 Å². The SMILES string of the molecule is CNC(=O)c1cc2c(O[C@@H]3CCNC3)nn(-c3ccccc3)c2s1.Cl. The van der Waals surface area contributed by atoms with Crippen LogP contribution >= 0.6 is 23.7 Å². The summed E-state index contributed by atoms with van der Waals surface area (Å²) in [7, 11) is 1.64. The van der Waals surface area contributed by atoms with E-state index in [0.29, 0.717) is 10.8 Å². The molecule has 3 heterocycles. The lowest BCUT2D eigenvalue weighted by molar-refractivity contribution is 0.0967. The maximum atomic E-state index is 12.0. The summed E-state index contributed by atoms with van der Waals surface area (Å²) in [4.78, 5) is 13.6. The van der Waals surface area contributed by atoms with Gasteiger partial charge in [-0.05, 0) is 31.2 Å². The largest absolute Gasteiger partial charge is 0.471 e. The average Bonchev–Trinajstić information content (AvgIpc) is 3.33. The molecule has 1 amide bonds. The molecule has 2 N–H and O–H groups in total. The molecule has 1 atom stereocenters. The van der Waals surface area contributed by atoms with Crippen LogP contribution in [0.3, 0.4) is 0 Å². The van der Waals surface area contributed by atoms with Gasteiger partial charge in [-0.15, -0.1) is 28.8 Å². The number of fused-ring (bicyclic) bond motifs is 1. The minimum Gasteiger partial charge on any atom is -0.471 e. The molecule has 0 aliphatic carbocycles. The van der Waals surface area contributed by atoms with Gasteiger partial charge < -0.3 is 15.4 Å². The van der Waals surface area contributed by atoms with Crippen LogP contribution < -0.4 is 15.4 Å². The molecule has 132 valence electrons. The van der Waals surface area contributed by atoms with Crippen LogP contribution in [0.5, 0.6) is 5.88 Å². The van der Waals surface area contributed by atoms with Crippen molar-refractivity contribution in [2.45, 2.75) is 12.5 Å². The van der Waals surface area contributed by atoms with Crippen LogP contribution in [0.2, 0.25) is 0 Å². The summed E-state index contributed by atoms with van der Waals surface area (Å²) in [5, 5.41) is 11.5. The number of carbonyl (C=O) groups is 1. The van der Waals surface area contributed by atoms with E-state index in [0.717, 1.165) is 35.4 Å². The van der Waals surface area contributed by atoms with Gasteiger partial charge in [-0.2, -0.15) is 0 Å². The number of hydrogen-bond acceptors (Lipinski definition) is 5. The molecule has 0 spiro atoms. The summed E-state index contributed by atoms with van der Waals surface area (Å²) < 4.78 is 7.95. The number of ether oxygens (including phenoxy) is 1. The minimum absolute atomic E-state index is 0. The highest BCUT2D eigenvalue weighted by atomic mass is 35.5. The third kappa shape index (κ3) is 3.35. The second-order valence-corrected chi connectivity index (χ2v) is 6.72. The minimum atomic E-state index is -0.0932. The van der Waals surface area contributed by atoms with E-state index in [-0.39, 0.29) is 24.4 Å². The van der Waals surface area contributed by atoms with Crippen LogP contribution in [0.25, 0.3) is 15.9 Å². The molecule has 1 aromatic carbocycles. The number of amides is 1. The highest BCUT2D eigenvalue weighted by Crippen LogP contribution is 2.35. The van der Waals surface area contributed by atoms with Crippen LogP contribution in [0.4, 0.5) is 0 Å². The number of thiophene rings is 1. The molecular formula is C17H19ClN4O2S. The van der Waals surface area contributed by atoms with E-state index in [4.69, 9.17) is 4.74 Å². The van der Waals surface area contributed by atoms with Crippen molar-refractivity contribution in [1.29, 1.82) is 0 Å². The van der Waals surface area contributed by atoms with Crippen LogP contribution in [0.1, 0.15) is 16.1 Å². The molecule has 1 aliphatic rings. The van der Waals surface area contributed by atoms with E-state index in [1.54, 1.807) is 7.05 Å². The number of hydrogen-bond donors (Lipinski definition) is 2. The lowest BCUT2D eigenvalue weighted by Crippen LogP contribution is -2.20. The first kappa shape index (κ1) is 17.7. The first-order valence-electron chi connectivity index (χ1n) is 7.93. The van der Waals surface area contributed by atoms with Crippen LogP contribution in [-0.2, 0) is 0 Å². The fraction of sp³-hybridized carbons (Fsp3) is 0.294. The van der Waals surface area contributed by atoms with Crippen molar-refractivity contribution in [2.75, 3.05) is 20.1 Å². The second-order valence-electron chi connectivity index (χ2n) is 5.69. The van der Waals surface area contributed by atoms with Crippen molar-refractivity contribution in [3.8, 4) is 11.6 Å². The standard InChI is InChI=1S/C17H18N4O2S.ClH/c1-18-15(22)14-9-13-16(23-12-7-8-19-10-12)20-21(17(13)24-14)11-5-3-2-4-6-11;/h2-6,9,12,19H,7-8,10H2,1H3,(H,18,22);1H/t12-;/m1./s1. The van der Waals surface area contributed by atoms with Crippen molar-refractivity contribution < 1.29 is 9.53 Å². The zero-order chi connectivity index (χ0) is 16.5. The molecule has 1 saturated heterocycles. The Kier molecular flexibility index (Phi) is 5.27. The second kappa shape index (κ2) is 7.43. The molecule has 25 heavy (non-hydrogen) atoms. The first-order chi connectivity index (χ1) is 11.8. The van der Waals surface area contributed by atoms with Crippen molar-refractivity contribution in [3.05, 3.63) is 41.3 Å². The van der Waals surface area contributed by atoms with Gasteiger partial charge in [0, 0.05) is 13.6 Å². The van der Waals surface area contributed by atoms with Gasteiger partial charge in [0.1, 0.15) is 10.9 Å². The number of nitrogens with one attached hydrogen (secondary N) is 2. The van der Waals surface area contributed by atoms with E-state index in [1.807, 2.05) is 41.1 Å². The molecule has 2 aromatic heterocycles. The maximum absolute atomic E-state index is 12.0. The summed E-state index contributed by atoms with van der Waals surface area (Å²) in [5.74, 6) is 0.498. The van der Waals surface area contributed by atoms with E-state index in [9.17, 15) is 4.79 Å². The van der Waals surface area contributed by atoms with Crippen molar-refractivity contribution in [2.24, 2.45) is 0 Å². The van der Waals surface area contributed by atoms with Gasteiger partial charge in [0.25, 0.3) is 5.91 Å². The molecule has 0 unspecified atom stereocenters. The van der Waals surface area contributed by atoms with Gasteiger partial charge >= 0.3 is 0 Å². The third-order valence-corrected chi connectivity index (χ3v) is 5.18. The van der Waals surface area contributed by atoms with E-state index in [1.165, 1.54) is 11.3 Å². The highest BCUT2D eigenvalue weighted by molar-refractivity contribution is 7.20. The molecule has 0 bridgehead atoms. The zero-order valence-corrected chi connectivity index (χ0v) is 15.3. The quantitative estimate of drug-likeness (QED) is 0.732. The van der Waals surface area contributed by atoms with Gasteiger partial charge in [-0.25, -0.2) is 4.68 Å². The number of nitrogens with zero attached hydrogens (tertiary/aromatic N) is 2. The molecule has 6 nitrogen and oxygen atoms in total. The number of para-hydroxylation sites is 1. The Bertz CT molecular complexity index is 872. The fourth-order valence-corrected chi connectivity index (χ4v) is 3.90. The van der Waals surface area contributed by atoms with Crippen LogP contribution in [-0.4, -0.2) is 41.9 Å². The summed E-state index contributed by atoms with van der Waals surface area (Å²) in [6.07, 6.45) is 1.09. The van der Waals surface area contributed by atoms with Gasteiger partial charge in [0.15, 0.2) is 0 Å². The third-order valence-electron chi connectivity index (χ3n) is 4.07. The van der Waals surface area contributed by atoms with Crippen molar-refractivity contribution in [3.63, 3.8) is 0 Å². The predicted molar refractivity (Wildman–Crippen MR) is 101 cm³/mol. The predicted octanol–water partition coefficient (Wildman–Crippen LogP) is 2.61. The summed E-state index contributed by atoms with van der Waals surface area (Å²) in [6.45, 7) is 1.78. The molecule has 0 saturated carbocycles. The monoisotopic (exact) mass is 378 g/mol. The number of aromatic nitrogens is 2. The Balaban J connectivity index is 0.00000182. The Morgan fingerprint density at radius 2 is 2.20 bits per heavy atom. The fourth-order valence-electron chi connectivity index (χ4n) is 2.84. The topological polar surface area (TPSA) is 68.2 Å². The lowest BCUT2D eigenvalue weighted by atomic mass is 10.3. The van der Waals surface area contributed by atoms with Crippen molar-refractivity contribution in [1.82, 2.24) is 20.4 Å². The number of carbonyl (C=O) groups excluding carboxylic acids is 1. The molecule has 1 fully saturated rings. The van der Waals surface area contributed by atoms with Crippen molar-refractivity contribution >= 4 is 39.9 Å². The molecular weight excluding hydrogens is 360 g/mol. The van der Waals surface area contributed by atoms with E-state index < -0.39 is 0 Å². The Labute approximate surface area is 155 Å². The van der Waals surface area contributed by atoms with Gasteiger partial charge in [-0.1, -0.05) is 18.2 Å². The Morgan fingerprint density at radius 3 is 2.88 bits per heavy atom. The Morgan fingerprint density at radius 1 is 1.40 bits per heavy atom. The number of benzene rings is 1. The van der Waals surface area contributed by atoms with Crippen LogP contribution in [0, 0.1) is 0 Å². The van der Waals surface area contributed by atoms with E-state index in [2.05, 4.69) is 15.7 Å². The summed E-state index contributed by atoms with van der Waals surface area (Å²) in [6, 6.07) is 11.8. The maximum Gasteiger partial charge on any atom is 0.261 e. The van der Waals surface area contributed by atoms with Gasteiger partial charge in [0.05, 0.1) is 16.0 Å². The molecule has 8 heteroatoms.